The number of esters is 1. The van der Waals surface area contributed by atoms with E-state index in [9.17, 15) is 9.18 Å². The van der Waals surface area contributed by atoms with E-state index in [1.54, 1.807) is 18.2 Å². The summed E-state index contributed by atoms with van der Waals surface area (Å²) in [6, 6.07) is 8.12. The van der Waals surface area contributed by atoms with Crippen molar-refractivity contribution in [1.29, 1.82) is 0 Å². The number of hydrogen-bond acceptors (Lipinski definition) is 8. The van der Waals surface area contributed by atoms with Crippen LogP contribution in [0.2, 0.25) is 0 Å². The molecule has 150 valence electrons. The van der Waals surface area contributed by atoms with Gasteiger partial charge in [0.15, 0.2) is 23.1 Å². The second kappa shape index (κ2) is 6.65. The SMILES string of the molecule is COC(=O)C(c1ccccc1F)n1ncc2c1nc(N)n1nc(-c3ccco3)nc21. The van der Waals surface area contributed by atoms with Crippen molar-refractivity contribution in [1.82, 2.24) is 29.4 Å². The van der Waals surface area contributed by atoms with Crippen LogP contribution >= 0.6 is 0 Å². The zero-order valence-corrected chi connectivity index (χ0v) is 15.6. The summed E-state index contributed by atoms with van der Waals surface area (Å²) in [6.45, 7) is 0. The highest BCUT2D eigenvalue weighted by Gasteiger charge is 2.30. The number of aromatic nitrogens is 6. The number of carbonyl (C=O) groups is 1. The number of nitrogen functional groups attached to an aromatic ring is 1. The summed E-state index contributed by atoms with van der Waals surface area (Å²) >= 11 is 0. The standard InChI is InChI=1S/C19H14FN7O3/c1-29-18(28)14(10-5-2-3-6-12(10)20)26-17-11(9-22-26)16-23-15(13-7-4-8-30-13)25-27(16)19(21)24-17/h2-9,14H,1H3,(H2,21,24). The van der Waals surface area contributed by atoms with Crippen molar-refractivity contribution in [2.24, 2.45) is 0 Å². The van der Waals surface area contributed by atoms with Crippen molar-refractivity contribution in [2.75, 3.05) is 12.8 Å². The third-order valence-corrected chi connectivity index (χ3v) is 4.67. The highest BCUT2D eigenvalue weighted by Crippen LogP contribution is 2.29. The molecule has 0 fully saturated rings. The molecule has 30 heavy (non-hydrogen) atoms. The molecule has 1 aromatic carbocycles. The van der Waals surface area contributed by atoms with Gasteiger partial charge < -0.3 is 14.9 Å². The number of halogens is 1. The molecule has 0 spiro atoms. The number of ether oxygens (including phenoxy) is 1. The summed E-state index contributed by atoms with van der Waals surface area (Å²) in [4.78, 5) is 21.4. The van der Waals surface area contributed by atoms with E-state index in [4.69, 9.17) is 14.9 Å². The van der Waals surface area contributed by atoms with Gasteiger partial charge >= 0.3 is 5.97 Å². The number of furan rings is 1. The van der Waals surface area contributed by atoms with Crippen LogP contribution in [0.4, 0.5) is 10.3 Å². The molecule has 2 N–H and O–H groups in total. The molecule has 0 saturated carbocycles. The number of nitrogens with two attached hydrogens (primary N) is 1. The van der Waals surface area contributed by atoms with Crippen molar-refractivity contribution in [3.8, 4) is 11.6 Å². The number of anilines is 1. The van der Waals surface area contributed by atoms with Gasteiger partial charge in [-0.2, -0.15) is 14.6 Å². The Morgan fingerprint density at radius 2 is 2.03 bits per heavy atom. The first kappa shape index (κ1) is 17.8. The number of rotatable bonds is 4. The molecule has 10 nitrogen and oxygen atoms in total. The smallest absolute Gasteiger partial charge is 0.335 e. The van der Waals surface area contributed by atoms with E-state index in [2.05, 4.69) is 20.2 Å². The maximum atomic E-state index is 14.5. The summed E-state index contributed by atoms with van der Waals surface area (Å²) < 4.78 is 27.3. The van der Waals surface area contributed by atoms with Gasteiger partial charge in [0, 0.05) is 5.56 Å². The molecule has 0 saturated heterocycles. The van der Waals surface area contributed by atoms with Gasteiger partial charge in [-0.05, 0) is 18.2 Å². The molecule has 0 amide bonds. The van der Waals surface area contributed by atoms with Crippen LogP contribution in [-0.2, 0) is 9.53 Å². The lowest BCUT2D eigenvalue weighted by Crippen LogP contribution is -2.24. The van der Waals surface area contributed by atoms with Gasteiger partial charge in [0.2, 0.25) is 11.8 Å². The molecular weight excluding hydrogens is 393 g/mol. The van der Waals surface area contributed by atoms with Gasteiger partial charge in [0.25, 0.3) is 0 Å². The summed E-state index contributed by atoms with van der Waals surface area (Å²) in [5.74, 6) is -0.497. The second-order valence-electron chi connectivity index (χ2n) is 6.39. The minimum atomic E-state index is -1.20. The van der Waals surface area contributed by atoms with E-state index in [0.29, 0.717) is 22.6 Å². The number of methoxy groups -OCH3 is 1. The van der Waals surface area contributed by atoms with Gasteiger partial charge in [-0.15, -0.1) is 5.10 Å². The van der Waals surface area contributed by atoms with Crippen LogP contribution in [0.1, 0.15) is 11.6 Å². The summed E-state index contributed by atoms with van der Waals surface area (Å²) in [5.41, 5.74) is 6.77. The number of benzene rings is 1. The van der Waals surface area contributed by atoms with Crippen LogP contribution in [0.25, 0.3) is 28.3 Å². The molecule has 4 aromatic heterocycles. The van der Waals surface area contributed by atoms with Crippen molar-refractivity contribution in [3.05, 3.63) is 60.2 Å². The quantitative estimate of drug-likeness (QED) is 0.449. The van der Waals surface area contributed by atoms with Crippen LogP contribution < -0.4 is 5.73 Å². The fraction of sp³-hybridized carbons (Fsp3) is 0.105. The normalized spacial score (nSPS) is 12.5. The zero-order valence-electron chi connectivity index (χ0n) is 15.6. The van der Waals surface area contributed by atoms with E-state index in [0.717, 1.165) is 0 Å². The predicted octanol–water partition coefficient (Wildman–Crippen LogP) is 2.22. The van der Waals surface area contributed by atoms with Crippen LogP contribution in [0.5, 0.6) is 0 Å². The fourth-order valence-corrected chi connectivity index (χ4v) is 3.29. The molecule has 11 heteroatoms. The van der Waals surface area contributed by atoms with Gasteiger partial charge in [0.1, 0.15) is 5.82 Å². The molecule has 0 bridgehead atoms. The number of fused-ring (bicyclic) bond motifs is 3. The van der Waals surface area contributed by atoms with Crippen molar-refractivity contribution in [2.45, 2.75) is 6.04 Å². The third kappa shape index (κ3) is 2.59. The fourth-order valence-electron chi connectivity index (χ4n) is 3.29. The minimum Gasteiger partial charge on any atom is -0.467 e. The van der Waals surface area contributed by atoms with Gasteiger partial charge in [-0.3, -0.25) is 0 Å². The molecule has 0 aliphatic carbocycles. The Balaban J connectivity index is 1.75. The molecule has 5 aromatic rings. The number of hydrogen-bond donors (Lipinski definition) is 1. The molecule has 0 aliphatic rings. The highest BCUT2D eigenvalue weighted by molar-refractivity contribution is 5.92. The van der Waals surface area contributed by atoms with Crippen molar-refractivity contribution in [3.63, 3.8) is 0 Å². The lowest BCUT2D eigenvalue weighted by Gasteiger charge is -2.17. The Labute approximate surface area is 167 Å². The lowest BCUT2D eigenvalue weighted by molar-refractivity contribution is -0.143. The second-order valence-corrected chi connectivity index (χ2v) is 6.39. The van der Waals surface area contributed by atoms with Gasteiger partial charge in [-0.1, -0.05) is 18.2 Å². The first-order valence-corrected chi connectivity index (χ1v) is 8.84. The molecule has 1 atom stereocenters. The molecular formula is C19H14FN7O3. The average molecular weight is 407 g/mol. The monoisotopic (exact) mass is 407 g/mol. The van der Waals surface area contributed by atoms with Crippen molar-refractivity contribution < 1.29 is 18.3 Å². The zero-order chi connectivity index (χ0) is 20.8. The van der Waals surface area contributed by atoms with Crippen LogP contribution in [0.3, 0.4) is 0 Å². The number of nitrogens with zero attached hydrogens (tertiary/aromatic N) is 6. The van der Waals surface area contributed by atoms with E-state index < -0.39 is 17.8 Å². The van der Waals surface area contributed by atoms with E-state index in [1.807, 2.05) is 0 Å². The Kier molecular flexibility index (Phi) is 3.95. The maximum absolute atomic E-state index is 14.5. The summed E-state index contributed by atoms with van der Waals surface area (Å²) in [6.07, 6.45) is 2.97. The van der Waals surface area contributed by atoms with Crippen molar-refractivity contribution >= 4 is 28.6 Å². The van der Waals surface area contributed by atoms with E-state index in [-0.39, 0.29) is 17.2 Å². The van der Waals surface area contributed by atoms with E-state index in [1.165, 1.54) is 47.0 Å². The molecule has 4 heterocycles. The topological polar surface area (TPSA) is 126 Å². The van der Waals surface area contributed by atoms with Crippen LogP contribution in [-0.4, -0.2) is 42.4 Å². The molecule has 5 rings (SSSR count). The predicted molar refractivity (Wildman–Crippen MR) is 103 cm³/mol. The minimum absolute atomic E-state index is 0.0155. The summed E-state index contributed by atoms with van der Waals surface area (Å²) in [5, 5.41) is 9.06. The Morgan fingerprint density at radius 1 is 1.20 bits per heavy atom. The number of carbonyl (C=O) groups excluding carboxylic acids is 1. The van der Waals surface area contributed by atoms with Crippen LogP contribution in [0, 0.1) is 5.82 Å². The Bertz CT molecular complexity index is 1390. The first-order valence-electron chi connectivity index (χ1n) is 8.84. The lowest BCUT2D eigenvalue weighted by atomic mass is 10.1. The Morgan fingerprint density at radius 3 is 2.77 bits per heavy atom. The molecule has 0 radical (unpaired) electrons. The summed E-state index contributed by atoms with van der Waals surface area (Å²) in [7, 11) is 1.22. The Hall–Kier alpha value is -4.28. The van der Waals surface area contributed by atoms with Gasteiger partial charge in [0.05, 0.1) is 25.0 Å². The van der Waals surface area contributed by atoms with Crippen LogP contribution in [0.15, 0.2) is 53.3 Å². The molecule has 0 aliphatic heterocycles. The average Bonchev–Trinajstić information content (AvgIpc) is 3.49. The van der Waals surface area contributed by atoms with E-state index >= 15 is 0 Å². The highest BCUT2D eigenvalue weighted by atomic mass is 19.1. The largest absolute Gasteiger partial charge is 0.467 e. The third-order valence-electron chi connectivity index (χ3n) is 4.67. The maximum Gasteiger partial charge on any atom is 0.335 e. The molecule has 1 unspecified atom stereocenters. The first-order chi connectivity index (χ1) is 14.6. The van der Waals surface area contributed by atoms with Gasteiger partial charge in [-0.25, -0.2) is 18.9 Å².